The fraction of sp³-hybridized carbons (Fsp3) is 0.0541. The molecule has 11 nitrogen and oxygen atoms in total. The number of hydrogen-bond donors (Lipinski definition) is 2. The zero-order valence-electron chi connectivity index (χ0n) is 25.8. The Bertz CT molecular complexity index is 2000. The summed E-state index contributed by atoms with van der Waals surface area (Å²) in [6.45, 7) is 0. The van der Waals surface area contributed by atoms with Crippen LogP contribution in [0.3, 0.4) is 0 Å². The average Bonchev–Trinajstić information content (AvgIpc) is 3.54. The molecule has 0 spiro atoms. The van der Waals surface area contributed by atoms with Crippen LogP contribution in [0.2, 0.25) is 0 Å². The van der Waals surface area contributed by atoms with E-state index in [0.29, 0.717) is 33.6 Å². The molecule has 0 unspecified atom stereocenters. The maximum Gasteiger partial charge on any atom is 0.269 e. The van der Waals surface area contributed by atoms with Crippen LogP contribution in [0.4, 0.5) is 5.69 Å². The standard InChI is InChI=1S/C37H29N3O8/c1-47-35-20-24(10-18-33(35)43)8-16-31(41)30(32(42)17-9-25-11-19-34(44)36(21-25)48-2)22-27-23-39(28-6-4-3-5-7-28)38-37(27)26-12-14-29(15-13-26)40(45)46/h3-23,43-44H,1-2H3/b16-8+,17-9+. The first kappa shape index (κ1) is 32.6. The topological polar surface area (TPSA) is 154 Å². The number of carbonyl (C=O) groups excluding carboxylic acids is 2. The second-order valence-corrected chi connectivity index (χ2v) is 10.3. The van der Waals surface area contributed by atoms with E-state index in [2.05, 4.69) is 0 Å². The first-order chi connectivity index (χ1) is 23.2. The Balaban J connectivity index is 1.61. The molecule has 2 N–H and O–H groups in total. The van der Waals surface area contributed by atoms with Crippen LogP contribution in [0.15, 0.2) is 115 Å². The van der Waals surface area contributed by atoms with Gasteiger partial charge in [0, 0.05) is 29.5 Å². The van der Waals surface area contributed by atoms with Gasteiger partial charge in [0.05, 0.1) is 36.1 Å². The van der Waals surface area contributed by atoms with Gasteiger partial charge in [-0.15, -0.1) is 0 Å². The molecular weight excluding hydrogens is 614 g/mol. The van der Waals surface area contributed by atoms with Gasteiger partial charge < -0.3 is 19.7 Å². The van der Waals surface area contributed by atoms with E-state index in [1.54, 1.807) is 47.3 Å². The number of non-ortho nitro benzene ring substituents is 1. The molecule has 0 amide bonds. The highest BCUT2D eigenvalue weighted by Gasteiger charge is 2.19. The molecule has 0 aliphatic carbocycles. The molecule has 1 heterocycles. The molecule has 0 aliphatic rings. The van der Waals surface area contributed by atoms with Crippen molar-refractivity contribution < 1.29 is 34.2 Å². The van der Waals surface area contributed by atoms with E-state index in [0.717, 1.165) is 0 Å². The van der Waals surface area contributed by atoms with Crippen molar-refractivity contribution in [2.24, 2.45) is 0 Å². The molecule has 1 aromatic heterocycles. The molecule has 5 aromatic rings. The Labute approximate surface area is 275 Å². The van der Waals surface area contributed by atoms with Crippen LogP contribution >= 0.6 is 0 Å². The van der Waals surface area contributed by atoms with E-state index < -0.39 is 16.5 Å². The van der Waals surface area contributed by atoms with Gasteiger partial charge in [0.1, 0.15) is 0 Å². The number of allylic oxidation sites excluding steroid dienone is 3. The summed E-state index contributed by atoms with van der Waals surface area (Å²) in [5.41, 5.74) is 2.81. The summed E-state index contributed by atoms with van der Waals surface area (Å²) in [6.07, 6.45) is 8.54. The second kappa shape index (κ2) is 14.6. The number of nitro groups is 1. The number of carbonyl (C=O) groups is 2. The summed E-state index contributed by atoms with van der Waals surface area (Å²) in [6, 6.07) is 24.1. The lowest BCUT2D eigenvalue weighted by molar-refractivity contribution is -0.384. The molecule has 11 heteroatoms. The average molecular weight is 644 g/mol. The van der Waals surface area contributed by atoms with Crippen molar-refractivity contribution >= 4 is 35.5 Å². The first-order valence-corrected chi connectivity index (χ1v) is 14.5. The number of phenols is 2. The molecule has 240 valence electrons. The van der Waals surface area contributed by atoms with Gasteiger partial charge in [-0.1, -0.05) is 42.5 Å². The fourth-order valence-electron chi connectivity index (χ4n) is 4.71. The van der Waals surface area contributed by atoms with Crippen LogP contribution in [0, 0.1) is 10.1 Å². The Morgan fingerprint density at radius 2 is 1.33 bits per heavy atom. The first-order valence-electron chi connectivity index (χ1n) is 14.5. The van der Waals surface area contributed by atoms with Gasteiger partial charge >= 0.3 is 0 Å². The van der Waals surface area contributed by atoms with Crippen molar-refractivity contribution in [1.29, 1.82) is 0 Å². The van der Waals surface area contributed by atoms with Crippen LogP contribution in [0.25, 0.3) is 35.2 Å². The number of aromatic nitrogens is 2. The minimum Gasteiger partial charge on any atom is -0.504 e. The van der Waals surface area contributed by atoms with Gasteiger partial charge in [0.2, 0.25) is 0 Å². The minimum absolute atomic E-state index is 0.0676. The number of aromatic hydroxyl groups is 2. The van der Waals surface area contributed by atoms with Crippen molar-refractivity contribution in [3.63, 3.8) is 0 Å². The molecule has 0 saturated carbocycles. The van der Waals surface area contributed by atoms with Gasteiger partial charge in [0.25, 0.3) is 5.69 Å². The number of methoxy groups -OCH3 is 2. The molecular formula is C37H29N3O8. The minimum atomic E-state index is -0.623. The zero-order chi connectivity index (χ0) is 34.2. The van der Waals surface area contributed by atoms with Crippen molar-refractivity contribution in [3.8, 4) is 39.9 Å². The smallest absolute Gasteiger partial charge is 0.269 e. The van der Waals surface area contributed by atoms with Gasteiger partial charge in [-0.25, -0.2) is 4.68 Å². The van der Waals surface area contributed by atoms with Gasteiger partial charge in [-0.2, -0.15) is 5.10 Å². The molecule has 0 fully saturated rings. The highest BCUT2D eigenvalue weighted by molar-refractivity contribution is 6.31. The molecule has 0 atom stereocenters. The van der Waals surface area contributed by atoms with Crippen LogP contribution in [0.5, 0.6) is 23.0 Å². The SMILES string of the molecule is COc1cc(/C=C/C(=O)C(=Cc2cn(-c3ccccc3)nc2-c2ccc([N+](=O)[O-])cc2)C(=O)/C=C/c2ccc(O)c(OC)c2)ccc1O. The normalized spacial score (nSPS) is 11.0. The predicted molar refractivity (Wildman–Crippen MR) is 181 cm³/mol. The number of ether oxygens (including phenoxy) is 2. The van der Waals surface area contributed by atoms with E-state index in [-0.39, 0.29) is 34.3 Å². The van der Waals surface area contributed by atoms with E-state index in [1.165, 1.54) is 68.9 Å². The summed E-state index contributed by atoms with van der Waals surface area (Å²) in [7, 11) is 2.81. The Kier molecular flexibility index (Phi) is 9.90. The molecule has 5 rings (SSSR count). The zero-order valence-corrected chi connectivity index (χ0v) is 25.8. The third-order valence-electron chi connectivity index (χ3n) is 7.21. The number of para-hydroxylation sites is 1. The number of benzene rings is 4. The van der Waals surface area contributed by atoms with Crippen molar-refractivity contribution in [2.45, 2.75) is 0 Å². The third-order valence-corrected chi connectivity index (χ3v) is 7.21. The molecule has 0 bridgehead atoms. The van der Waals surface area contributed by atoms with Crippen LogP contribution in [-0.2, 0) is 9.59 Å². The lowest BCUT2D eigenvalue weighted by atomic mass is 9.99. The molecule has 0 radical (unpaired) electrons. The molecule has 0 aliphatic heterocycles. The Hall–Kier alpha value is -6.75. The number of nitro benzene ring substituents is 1. The second-order valence-electron chi connectivity index (χ2n) is 10.3. The van der Waals surface area contributed by atoms with E-state index in [1.807, 2.05) is 30.3 Å². The fourth-order valence-corrected chi connectivity index (χ4v) is 4.71. The monoisotopic (exact) mass is 643 g/mol. The van der Waals surface area contributed by atoms with Crippen LogP contribution in [0.1, 0.15) is 16.7 Å². The lowest BCUT2D eigenvalue weighted by Crippen LogP contribution is -2.08. The molecule has 48 heavy (non-hydrogen) atoms. The van der Waals surface area contributed by atoms with Gasteiger partial charge in [-0.05, 0) is 77.9 Å². The number of ketones is 2. The van der Waals surface area contributed by atoms with Crippen LogP contribution in [-0.4, -0.2) is 50.7 Å². The van der Waals surface area contributed by atoms with E-state index in [4.69, 9.17) is 14.6 Å². The van der Waals surface area contributed by atoms with Crippen molar-refractivity contribution in [2.75, 3.05) is 14.2 Å². The highest BCUT2D eigenvalue weighted by Crippen LogP contribution is 2.30. The van der Waals surface area contributed by atoms with Gasteiger partial charge in [-0.3, -0.25) is 19.7 Å². The Morgan fingerprint density at radius 3 is 1.83 bits per heavy atom. The summed E-state index contributed by atoms with van der Waals surface area (Å²) in [4.78, 5) is 38.3. The predicted octanol–water partition coefficient (Wildman–Crippen LogP) is 6.82. The molecule has 0 saturated heterocycles. The van der Waals surface area contributed by atoms with E-state index >= 15 is 0 Å². The van der Waals surface area contributed by atoms with Gasteiger partial charge in [0.15, 0.2) is 34.6 Å². The number of nitrogens with zero attached hydrogens (tertiary/aromatic N) is 3. The van der Waals surface area contributed by atoms with E-state index in [9.17, 15) is 29.9 Å². The number of rotatable bonds is 12. The largest absolute Gasteiger partial charge is 0.504 e. The summed E-state index contributed by atoms with van der Waals surface area (Å²) < 4.78 is 11.9. The number of phenolic OH excluding ortho intramolecular Hbond substituents is 2. The summed E-state index contributed by atoms with van der Waals surface area (Å²) in [5, 5.41) is 35.9. The third kappa shape index (κ3) is 7.54. The summed E-state index contributed by atoms with van der Waals surface area (Å²) >= 11 is 0. The number of hydrogen-bond acceptors (Lipinski definition) is 9. The Morgan fingerprint density at radius 1 is 0.792 bits per heavy atom. The van der Waals surface area contributed by atoms with Crippen molar-refractivity contribution in [1.82, 2.24) is 9.78 Å². The summed E-state index contributed by atoms with van der Waals surface area (Å²) in [5.74, 6) is -0.956. The maximum atomic E-state index is 13.7. The maximum absolute atomic E-state index is 13.7. The van der Waals surface area contributed by atoms with Crippen molar-refractivity contribution in [3.05, 3.63) is 142 Å². The van der Waals surface area contributed by atoms with Crippen LogP contribution < -0.4 is 9.47 Å². The molecule has 4 aromatic carbocycles. The highest BCUT2D eigenvalue weighted by atomic mass is 16.6. The quantitative estimate of drug-likeness (QED) is 0.0490. The lowest BCUT2D eigenvalue weighted by Gasteiger charge is -2.05.